The summed E-state index contributed by atoms with van der Waals surface area (Å²) in [5.74, 6) is -1.87. The highest BCUT2D eigenvalue weighted by Gasteiger charge is 2.23. The molecule has 0 aliphatic carbocycles. The number of amides is 1. The highest BCUT2D eigenvalue weighted by molar-refractivity contribution is 9.10. The lowest BCUT2D eigenvalue weighted by Crippen LogP contribution is -2.30. The monoisotopic (exact) mass is 484 g/mol. The number of esters is 1. The second-order valence-electron chi connectivity index (χ2n) is 5.88. The molecule has 0 spiro atoms. The minimum Gasteiger partial charge on any atom is -0.493 e. The Labute approximate surface area is 179 Å². The maximum Gasteiger partial charge on any atom is 0.339 e. The van der Waals surface area contributed by atoms with Gasteiger partial charge in [-0.2, -0.15) is 4.39 Å². The lowest BCUT2D eigenvalue weighted by molar-refractivity contribution is -0.387. The fourth-order valence-electron chi connectivity index (χ4n) is 2.38. The predicted molar refractivity (Wildman–Crippen MR) is 108 cm³/mol. The van der Waals surface area contributed by atoms with Crippen molar-refractivity contribution in [2.24, 2.45) is 0 Å². The summed E-state index contributed by atoms with van der Waals surface area (Å²) in [5.41, 5.74) is -0.690. The van der Waals surface area contributed by atoms with Crippen molar-refractivity contribution in [3.63, 3.8) is 0 Å². The molecule has 0 bridgehead atoms. The average Bonchev–Trinajstić information content (AvgIpc) is 2.70. The van der Waals surface area contributed by atoms with Gasteiger partial charge in [0.2, 0.25) is 5.82 Å². The van der Waals surface area contributed by atoms with E-state index in [0.29, 0.717) is 22.6 Å². The van der Waals surface area contributed by atoms with Crippen molar-refractivity contribution in [1.82, 2.24) is 0 Å². The third kappa shape index (κ3) is 5.44. The fraction of sp³-hybridized carbons (Fsp3) is 0.263. The van der Waals surface area contributed by atoms with E-state index < -0.39 is 34.4 Å². The number of carbonyl (C=O) groups is 2. The number of methoxy groups -OCH3 is 1. The summed E-state index contributed by atoms with van der Waals surface area (Å²) in [5, 5.41) is 13.1. The molecule has 30 heavy (non-hydrogen) atoms. The van der Waals surface area contributed by atoms with Crippen LogP contribution < -0.4 is 14.8 Å². The van der Waals surface area contributed by atoms with Gasteiger partial charge in [-0.1, -0.05) is 0 Å². The predicted octanol–water partition coefficient (Wildman–Crippen LogP) is 4.09. The number of nitrogens with zero attached hydrogens (tertiary/aromatic N) is 1. The van der Waals surface area contributed by atoms with Crippen LogP contribution in [0, 0.1) is 15.9 Å². The van der Waals surface area contributed by atoms with Gasteiger partial charge in [-0.25, -0.2) is 4.79 Å². The van der Waals surface area contributed by atoms with Crippen LogP contribution in [0.3, 0.4) is 0 Å². The molecular formula is C19H18BrFN2O7. The second-order valence-corrected chi connectivity index (χ2v) is 6.74. The number of anilines is 1. The SMILES string of the molecule is CCOc1c(Br)cc(C(=O)OC(C)C(=O)Nc2ccc(F)c([N+](=O)[O-])c2)cc1OC. The number of carbonyl (C=O) groups excluding carboxylic acids is 2. The van der Waals surface area contributed by atoms with Crippen molar-refractivity contribution in [2.75, 3.05) is 19.0 Å². The van der Waals surface area contributed by atoms with Gasteiger partial charge in [0.05, 0.1) is 28.7 Å². The van der Waals surface area contributed by atoms with E-state index in [1.54, 1.807) is 6.92 Å². The van der Waals surface area contributed by atoms with E-state index in [-0.39, 0.29) is 11.3 Å². The maximum absolute atomic E-state index is 13.4. The summed E-state index contributed by atoms with van der Waals surface area (Å²) in [6.45, 7) is 3.51. The number of halogens is 2. The lowest BCUT2D eigenvalue weighted by Gasteiger charge is -2.16. The number of ether oxygens (including phenoxy) is 3. The zero-order valence-electron chi connectivity index (χ0n) is 16.2. The number of benzene rings is 2. The van der Waals surface area contributed by atoms with E-state index in [0.717, 1.165) is 18.2 Å². The molecule has 0 saturated carbocycles. The average molecular weight is 485 g/mol. The van der Waals surface area contributed by atoms with Crippen LogP contribution in [0.4, 0.5) is 15.8 Å². The Morgan fingerprint density at radius 1 is 1.30 bits per heavy atom. The molecular weight excluding hydrogens is 467 g/mol. The van der Waals surface area contributed by atoms with Gasteiger partial charge in [-0.3, -0.25) is 14.9 Å². The highest BCUT2D eigenvalue weighted by atomic mass is 79.9. The van der Waals surface area contributed by atoms with Crippen LogP contribution in [-0.4, -0.2) is 36.6 Å². The van der Waals surface area contributed by atoms with Crippen LogP contribution in [0.15, 0.2) is 34.8 Å². The molecule has 0 heterocycles. The van der Waals surface area contributed by atoms with Crippen LogP contribution in [0.2, 0.25) is 0 Å². The van der Waals surface area contributed by atoms with Crippen molar-refractivity contribution in [3.05, 3.63) is 56.3 Å². The van der Waals surface area contributed by atoms with Gasteiger partial charge in [0.15, 0.2) is 17.6 Å². The maximum atomic E-state index is 13.4. The highest BCUT2D eigenvalue weighted by Crippen LogP contribution is 2.37. The first-order chi connectivity index (χ1) is 14.2. The molecule has 1 atom stereocenters. The first-order valence-electron chi connectivity index (χ1n) is 8.64. The van der Waals surface area contributed by atoms with Gasteiger partial charge in [-0.05, 0) is 54.0 Å². The molecule has 2 aromatic carbocycles. The topological polar surface area (TPSA) is 117 Å². The van der Waals surface area contributed by atoms with Crippen molar-refractivity contribution in [1.29, 1.82) is 0 Å². The molecule has 2 aromatic rings. The molecule has 2 rings (SSSR count). The molecule has 1 unspecified atom stereocenters. The van der Waals surface area contributed by atoms with E-state index in [1.165, 1.54) is 26.2 Å². The minimum absolute atomic E-state index is 0.0125. The zero-order valence-corrected chi connectivity index (χ0v) is 17.8. The van der Waals surface area contributed by atoms with E-state index in [1.807, 2.05) is 0 Å². The second kappa shape index (κ2) is 10.0. The third-order valence-corrected chi connectivity index (χ3v) is 4.41. The van der Waals surface area contributed by atoms with Gasteiger partial charge in [0.25, 0.3) is 5.91 Å². The summed E-state index contributed by atoms with van der Waals surface area (Å²) < 4.78 is 29.7. The number of nitrogens with one attached hydrogen (secondary N) is 1. The summed E-state index contributed by atoms with van der Waals surface area (Å²) in [4.78, 5) is 34.6. The first-order valence-corrected chi connectivity index (χ1v) is 9.43. The standard InChI is InChI=1S/C19H18BrFN2O7/c1-4-29-17-13(20)7-11(8-16(17)28-3)19(25)30-10(2)18(24)22-12-5-6-14(21)15(9-12)23(26)27/h5-10H,4H2,1-3H3,(H,22,24). The minimum atomic E-state index is -1.24. The van der Waals surface area contributed by atoms with Crippen LogP contribution in [0.1, 0.15) is 24.2 Å². The lowest BCUT2D eigenvalue weighted by atomic mass is 10.2. The Bertz CT molecular complexity index is 984. The molecule has 11 heteroatoms. The van der Waals surface area contributed by atoms with Gasteiger partial charge in [-0.15, -0.1) is 0 Å². The van der Waals surface area contributed by atoms with Crippen molar-refractivity contribution in [3.8, 4) is 11.5 Å². The van der Waals surface area contributed by atoms with Gasteiger partial charge in [0.1, 0.15) is 0 Å². The Hall–Kier alpha value is -3.21. The molecule has 1 amide bonds. The summed E-state index contributed by atoms with van der Waals surface area (Å²) in [7, 11) is 1.41. The van der Waals surface area contributed by atoms with E-state index in [4.69, 9.17) is 14.2 Å². The van der Waals surface area contributed by atoms with Crippen LogP contribution in [0.25, 0.3) is 0 Å². The normalized spacial score (nSPS) is 11.4. The summed E-state index contributed by atoms with van der Waals surface area (Å²) in [6, 6.07) is 5.75. The summed E-state index contributed by atoms with van der Waals surface area (Å²) >= 11 is 3.29. The molecule has 0 saturated heterocycles. The Morgan fingerprint density at radius 2 is 2.00 bits per heavy atom. The smallest absolute Gasteiger partial charge is 0.339 e. The Balaban J connectivity index is 2.12. The molecule has 0 aliphatic rings. The number of rotatable bonds is 8. The van der Waals surface area contributed by atoms with Crippen LogP contribution >= 0.6 is 15.9 Å². The van der Waals surface area contributed by atoms with Crippen molar-refractivity contribution >= 4 is 39.2 Å². The molecule has 1 N–H and O–H groups in total. The number of hydrogen-bond acceptors (Lipinski definition) is 7. The molecule has 0 radical (unpaired) electrons. The molecule has 0 aromatic heterocycles. The zero-order chi connectivity index (χ0) is 22.4. The molecule has 0 aliphatic heterocycles. The van der Waals surface area contributed by atoms with Crippen LogP contribution in [0.5, 0.6) is 11.5 Å². The van der Waals surface area contributed by atoms with E-state index in [9.17, 15) is 24.1 Å². The van der Waals surface area contributed by atoms with Gasteiger partial charge in [0, 0.05) is 11.8 Å². The quantitative estimate of drug-likeness (QED) is 0.340. The summed E-state index contributed by atoms with van der Waals surface area (Å²) in [6.07, 6.45) is -1.24. The van der Waals surface area contributed by atoms with Crippen molar-refractivity contribution in [2.45, 2.75) is 20.0 Å². The van der Waals surface area contributed by atoms with E-state index in [2.05, 4.69) is 21.2 Å². The number of nitro benzene ring substituents is 1. The largest absolute Gasteiger partial charge is 0.493 e. The fourth-order valence-corrected chi connectivity index (χ4v) is 2.93. The van der Waals surface area contributed by atoms with Gasteiger partial charge >= 0.3 is 11.7 Å². The molecule has 9 nitrogen and oxygen atoms in total. The van der Waals surface area contributed by atoms with Crippen molar-refractivity contribution < 1.29 is 33.1 Å². The Kier molecular flexibility index (Phi) is 7.70. The number of hydrogen-bond donors (Lipinski definition) is 1. The van der Waals surface area contributed by atoms with Gasteiger partial charge < -0.3 is 19.5 Å². The molecule has 0 fully saturated rings. The van der Waals surface area contributed by atoms with Crippen LogP contribution in [-0.2, 0) is 9.53 Å². The third-order valence-electron chi connectivity index (χ3n) is 3.82. The first kappa shape index (κ1) is 23.1. The molecule has 160 valence electrons. The number of nitro groups is 1. The Morgan fingerprint density at radius 3 is 2.60 bits per heavy atom. The van der Waals surface area contributed by atoms with E-state index >= 15 is 0 Å².